The molecular formula is C22H24N4O6S2. The summed E-state index contributed by atoms with van der Waals surface area (Å²) in [4.78, 5) is 4.04. The van der Waals surface area contributed by atoms with Gasteiger partial charge < -0.3 is 19.0 Å². The highest BCUT2D eigenvalue weighted by molar-refractivity contribution is 7.91. The third-order valence-corrected chi connectivity index (χ3v) is 8.07. The molecule has 12 heteroatoms. The number of nitrogens with zero attached hydrogens (tertiary/aromatic N) is 4. The van der Waals surface area contributed by atoms with E-state index in [9.17, 15) is 13.5 Å². The Morgan fingerprint density at radius 2 is 1.85 bits per heavy atom. The number of aromatic nitrogens is 4. The number of furan rings is 1. The van der Waals surface area contributed by atoms with Crippen LogP contribution in [0.4, 0.5) is 0 Å². The molecule has 0 aliphatic rings. The summed E-state index contributed by atoms with van der Waals surface area (Å²) < 4.78 is 45.0. The van der Waals surface area contributed by atoms with Crippen LogP contribution in [0.25, 0.3) is 17.3 Å². The summed E-state index contributed by atoms with van der Waals surface area (Å²) in [6.07, 6.45) is -1.28. The van der Waals surface area contributed by atoms with Gasteiger partial charge in [-0.3, -0.25) is 4.57 Å². The molecule has 2 atom stereocenters. The van der Waals surface area contributed by atoms with E-state index >= 15 is 0 Å². The van der Waals surface area contributed by atoms with E-state index in [4.69, 9.17) is 13.9 Å². The van der Waals surface area contributed by atoms with Crippen molar-refractivity contribution in [2.45, 2.75) is 31.0 Å². The highest BCUT2D eigenvalue weighted by Crippen LogP contribution is 2.37. The van der Waals surface area contributed by atoms with Crippen molar-refractivity contribution in [2.24, 2.45) is 0 Å². The molecule has 0 fully saturated rings. The maximum Gasteiger partial charge on any atom is 0.204 e. The lowest BCUT2D eigenvalue weighted by molar-refractivity contribution is 0.172. The van der Waals surface area contributed by atoms with Crippen molar-refractivity contribution in [3.8, 4) is 28.8 Å². The van der Waals surface area contributed by atoms with Gasteiger partial charge in [-0.05, 0) is 38.1 Å². The van der Waals surface area contributed by atoms with Crippen LogP contribution in [0.1, 0.15) is 30.3 Å². The maximum absolute atomic E-state index is 13.3. The number of benzene rings is 1. The lowest BCUT2D eigenvalue weighted by Gasteiger charge is -2.19. The first kappa shape index (κ1) is 23.9. The first-order valence-corrected chi connectivity index (χ1v) is 12.9. The van der Waals surface area contributed by atoms with Crippen molar-refractivity contribution in [1.29, 1.82) is 0 Å². The summed E-state index contributed by atoms with van der Waals surface area (Å²) in [5, 5.41) is 19.5. The second-order valence-corrected chi connectivity index (χ2v) is 10.6. The number of methoxy groups -OCH3 is 2. The molecule has 4 aromatic rings. The number of para-hydroxylation sites is 1. The Bertz CT molecular complexity index is 1360. The summed E-state index contributed by atoms with van der Waals surface area (Å²) in [7, 11) is -0.889. The van der Waals surface area contributed by atoms with E-state index in [2.05, 4.69) is 15.2 Å². The van der Waals surface area contributed by atoms with Crippen molar-refractivity contribution < 1.29 is 27.4 Å². The largest absolute Gasteiger partial charge is 0.494 e. The van der Waals surface area contributed by atoms with Crippen LogP contribution in [0.3, 0.4) is 0 Å². The number of aryl methyl sites for hydroxylation is 1. The molecule has 0 spiro atoms. The van der Waals surface area contributed by atoms with Gasteiger partial charge in [0.2, 0.25) is 5.82 Å². The van der Waals surface area contributed by atoms with Crippen LogP contribution in [-0.2, 0) is 15.6 Å². The van der Waals surface area contributed by atoms with Gasteiger partial charge in [0, 0.05) is 5.38 Å². The molecule has 4 rings (SSSR count). The van der Waals surface area contributed by atoms with Gasteiger partial charge in [-0.25, -0.2) is 13.4 Å². The number of aliphatic hydroxyl groups is 1. The lowest BCUT2D eigenvalue weighted by atomic mass is 10.2. The van der Waals surface area contributed by atoms with E-state index in [-0.39, 0.29) is 11.6 Å². The van der Waals surface area contributed by atoms with Crippen LogP contribution in [0.2, 0.25) is 0 Å². The normalized spacial score (nSPS) is 13.6. The Kier molecular flexibility index (Phi) is 6.73. The van der Waals surface area contributed by atoms with E-state index < -0.39 is 26.9 Å². The van der Waals surface area contributed by atoms with Gasteiger partial charge in [0.15, 0.2) is 21.4 Å². The average Bonchev–Trinajstić information content (AvgIpc) is 3.58. The fourth-order valence-electron chi connectivity index (χ4n) is 3.53. The third-order valence-electron chi connectivity index (χ3n) is 5.41. The molecule has 3 aromatic heterocycles. The predicted octanol–water partition coefficient (Wildman–Crippen LogP) is 3.35. The minimum Gasteiger partial charge on any atom is -0.494 e. The van der Waals surface area contributed by atoms with Crippen LogP contribution in [0, 0.1) is 6.92 Å². The minimum atomic E-state index is -3.89. The number of aliphatic hydroxyl groups excluding tert-OH is 1. The maximum atomic E-state index is 13.3. The molecule has 0 radical (unpaired) electrons. The van der Waals surface area contributed by atoms with E-state index in [1.165, 1.54) is 32.5 Å². The number of ether oxygens (including phenoxy) is 2. The molecule has 0 aliphatic heterocycles. The summed E-state index contributed by atoms with van der Waals surface area (Å²) in [5.41, 5.74) is 2.28. The molecule has 10 nitrogen and oxygen atoms in total. The number of thiazole rings is 1. The van der Waals surface area contributed by atoms with Gasteiger partial charge in [0.1, 0.15) is 34.8 Å². The minimum absolute atomic E-state index is 0.115. The van der Waals surface area contributed by atoms with Crippen molar-refractivity contribution in [1.82, 2.24) is 19.7 Å². The summed E-state index contributed by atoms with van der Waals surface area (Å²) in [6.45, 7) is 3.24. The number of hydrogen-bond acceptors (Lipinski definition) is 10. The first-order chi connectivity index (χ1) is 16.3. The summed E-state index contributed by atoms with van der Waals surface area (Å²) in [6, 6.07) is 8.70. The standard InChI is InChI=1S/C22H24N4O6S2/c1-13-8-9-18(32-13)22-25-24-19(26(22)20-16(30-3)6-5-7-17(20)31-4)11-34(28,29)14(2)21(27)15-10-33-12-23-15/h5-10,12,14,21,27H,11H2,1-4H3/t14-,21+/m1/s1. The summed E-state index contributed by atoms with van der Waals surface area (Å²) >= 11 is 1.28. The van der Waals surface area contributed by atoms with Crippen LogP contribution in [0.15, 0.2) is 45.6 Å². The Balaban J connectivity index is 1.84. The molecule has 0 saturated carbocycles. The average molecular weight is 505 g/mol. The van der Waals surface area contributed by atoms with Gasteiger partial charge >= 0.3 is 0 Å². The fourth-order valence-corrected chi connectivity index (χ4v) is 5.45. The van der Waals surface area contributed by atoms with E-state index in [1.54, 1.807) is 52.7 Å². The summed E-state index contributed by atoms with van der Waals surface area (Å²) in [5.74, 6) is 1.82. The molecule has 0 aliphatic carbocycles. The number of rotatable bonds is 9. The molecule has 0 amide bonds. The lowest BCUT2D eigenvalue weighted by Crippen LogP contribution is -2.28. The van der Waals surface area contributed by atoms with Gasteiger partial charge in [-0.2, -0.15) is 0 Å². The highest BCUT2D eigenvalue weighted by Gasteiger charge is 2.34. The molecule has 0 bridgehead atoms. The van der Waals surface area contributed by atoms with Crippen LogP contribution in [0.5, 0.6) is 11.5 Å². The fraction of sp³-hybridized carbons (Fsp3) is 0.318. The molecular weight excluding hydrogens is 480 g/mol. The topological polar surface area (TPSA) is 130 Å². The molecule has 3 heterocycles. The zero-order chi connectivity index (χ0) is 24.5. The third kappa shape index (κ3) is 4.43. The zero-order valence-corrected chi connectivity index (χ0v) is 20.6. The monoisotopic (exact) mass is 504 g/mol. The van der Waals surface area contributed by atoms with Crippen molar-refractivity contribution in [2.75, 3.05) is 14.2 Å². The van der Waals surface area contributed by atoms with Crippen molar-refractivity contribution in [3.05, 3.63) is 58.5 Å². The Labute approximate surface area is 200 Å². The SMILES string of the molecule is COc1cccc(OC)c1-n1c(CS(=O)(=O)[C@H](C)[C@H](O)c2cscn2)nnc1-c1ccc(C)o1. The first-order valence-electron chi connectivity index (χ1n) is 10.3. The Hall–Kier alpha value is -3.22. The number of hydrogen-bond donors (Lipinski definition) is 1. The van der Waals surface area contributed by atoms with Crippen LogP contribution >= 0.6 is 11.3 Å². The Morgan fingerprint density at radius 3 is 2.41 bits per heavy atom. The number of sulfone groups is 1. The van der Waals surface area contributed by atoms with E-state index in [1.807, 2.05) is 0 Å². The quantitative estimate of drug-likeness (QED) is 0.365. The molecule has 34 heavy (non-hydrogen) atoms. The van der Waals surface area contributed by atoms with Crippen LogP contribution in [-0.4, -0.2) is 52.7 Å². The second-order valence-electron chi connectivity index (χ2n) is 7.57. The highest BCUT2D eigenvalue weighted by atomic mass is 32.2. The van der Waals surface area contributed by atoms with Gasteiger partial charge in [-0.1, -0.05) is 6.07 Å². The second kappa shape index (κ2) is 9.57. The van der Waals surface area contributed by atoms with E-state index in [0.29, 0.717) is 34.4 Å². The van der Waals surface area contributed by atoms with E-state index in [0.717, 1.165) is 0 Å². The van der Waals surface area contributed by atoms with Crippen LogP contribution < -0.4 is 9.47 Å². The van der Waals surface area contributed by atoms with Gasteiger partial charge in [0.25, 0.3) is 0 Å². The predicted molar refractivity (Wildman–Crippen MR) is 126 cm³/mol. The van der Waals surface area contributed by atoms with Crippen molar-refractivity contribution in [3.63, 3.8) is 0 Å². The molecule has 0 saturated heterocycles. The van der Waals surface area contributed by atoms with Gasteiger partial charge in [0.05, 0.1) is 30.7 Å². The van der Waals surface area contributed by atoms with Crippen molar-refractivity contribution >= 4 is 21.2 Å². The molecule has 0 unspecified atom stereocenters. The molecule has 1 N–H and O–H groups in total. The Morgan fingerprint density at radius 1 is 1.15 bits per heavy atom. The molecule has 180 valence electrons. The zero-order valence-electron chi connectivity index (χ0n) is 19.0. The van der Waals surface area contributed by atoms with Gasteiger partial charge in [-0.15, -0.1) is 21.5 Å². The molecule has 1 aromatic carbocycles. The smallest absolute Gasteiger partial charge is 0.204 e.